The summed E-state index contributed by atoms with van der Waals surface area (Å²) < 4.78 is 13.1. The molecule has 1 amide bonds. The summed E-state index contributed by atoms with van der Waals surface area (Å²) in [6, 6.07) is 3.02. The topological polar surface area (TPSA) is 86.2 Å². The van der Waals surface area contributed by atoms with Gasteiger partial charge >= 0.3 is 0 Å². The Morgan fingerprint density at radius 2 is 2.20 bits per heavy atom. The molecule has 0 saturated heterocycles. The van der Waals surface area contributed by atoms with Crippen molar-refractivity contribution in [3.8, 4) is 0 Å². The van der Waals surface area contributed by atoms with Gasteiger partial charge in [0.05, 0.1) is 4.92 Å². The van der Waals surface area contributed by atoms with Crippen molar-refractivity contribution in [1.29, 1.82) is 0 Å². The predicted molar refractivity (Wildman–Crippen MR) is 51.3 cm³/mol. The lowest BCUT2D eigenvalue weighted by atomic mass is 10.1. The van der Waals surface area contributed by atoms with E-state index in [-0.39, 0.29) is 11.3 Å². The number of carbonyl (C=O) groups is 1. The number of hydrogen-bond acceptors (Lipinski definition) is 3. The number of non-ortho nitro benzene ring substituents is 1. The zero-order valence-electron chi connectivity index (χ0n) is 7.51. The van der Waals surface area contributed by atoms with Crippen molar-refractivity contribution in [2.45, 2.75) is 0 Å². The number of nitro groups is 1. The van der Waals surface area contributed by atoms with Crippen LogP contribution in [0.25, 0.3) is 6.08 Å². The number of hydrogen-bond donors (Lipinski definition) is 1. The van der Waals surface area contributed by atoms with Crippen LogP contribution in [0.5, 0.6) is 0 Å². The first-order valence-corrected chi connectivity index (χ1v) is 3.92. The second-order valence-electron chi connectivity index (χ2n) is 2.70. The Labute approximate surface area is 84.2 Å². The summed E-state index contributed by atoms with van der Waals surface area (Å²) in [5.41, 5.74) is 4.50. The quantitative estimate of drug-likeness (QED) is 0.462. The second-order valence-corrected chi connectivity index (χ2v) is 2.70. The molecule has 0 radical (unpaired) electrons. The summed E-state index contributed by atoms with van der Waals surface area (Å²) in [6.45, 7) is 0. The molecular formula is C9H7FN2O3. The molecule has 0 bridgehead atoms. The van der Waals surface area contributed by atoms with Crippen molar-refractivity contribution in [3.63, 3.8) is 0 Å². The van der Waals surface area contributed by atoms with E-state index in [9.17, 15) is 19.3 Å². The Hall–Kier alpha value is -2.24. The molecule has 15 heavy (non-hydrogen) atoms. The third-order valence-electron chi connectivity index (χ3n) is 1.62. The normalized spacial score (nSPS) is 10.5. The van der Waals surface area contributed by atoms with Crippen LogP contribution in [-0.4, -0.2) is 10.8 Å². The van der Waals surface area contributed by atoms with Crippen molar-refractivity contribution >= 4 is 17.7 Å². The maximum Gasteiger partial charge on any atom is 0.270 e. The molecule has 0 atom stereocenters. The Bertz CT molecular complexity index is 443. The number of halogens is 1. The molecule has 1 aromatic rings. The molecule has 0 aliphatic carbocycles. The van der Waals surface area contributed by atoms with Gasteiger partial charge in [0, 0.05) is 23.8 Å². The first-order valence-electron chi connectivity index (χ1n) is 3.92. The van der Waals surface area contributed by atoms with Crippen LogP contribution in [0.3, 0.4) is 0 Å². The van der Waals surface area contributed by atoms with Gasteiger partial charge in [-0.05, 0) is 12.1 Å². The summed E-state index contributed by atoms with van der Waals surface area (Å²) in [7, 11) is 0. The van der Waals surface area contributed by atoms with E-state index in [1.807, 2.05) is 0 Å². The number of primary amides is 1. The van der Waals surface area contributed by atoms with Gasteiger partial charge in [0.25, 0.3) is 5.69 Å². The molecule has 0 aromatic heterocycles. The summed E-state index contributed by atoms with van der Waals surface area (Å²) in [6.07, 6.45) is 2.02. The maximum absolute atomic E-state index is 13.1. The molecule has 0 spiro atoms. The number of nitrogens with two attached hydrogens (primary N) is 1. The third-order valence-corrected chi connectivity index (χ3v) is 1.62. The Morgan fingerprint density at radius 1 is 1.53 bits per heavy atom. The molecule has 0 fully saturated rings. The molecule has 5 nitrogen and oxygen atoms in total. The fourth-order valence-electron chi connectivity index (χ4n) is 0.944. The van der Waals surface area contributed by atoms with Gasteiger partial charge in [0.2, 0.25) is 5.91 Å². The van der Waals surface area contributed by atoms with E-state index in [2.05, 4.69) is 0 Å². The van der Waals surface area contributed by atoms with Gasteiger partial charge in [0.15, 0.2) is 0 Å². The maximum atomic E-state index is 13.1. The number of amides is 1. The van der Waals surface area contributed by atoms with Crippen LogP contribution in [0.1, 0.15) is 5.56 Å². The summed E-state index contributed by atoms with van der Waals surface area (Å²) >= 11 is 0. The van der Waals surface area contributed by atoms with Crippen molar-refractivity contribution in [2.24, 2.45) is 5.73 Å². The van der Waals surface area contributed by atoms with Crippen LogP contribution in [-0.2, 0) is 4.79 Å². The number of nitrogens with zero attached hydrogens (tertiary/aromatic N) is 1. The summed E-state index contributed by atoms with van der Waals surface area (Å²) in [5.74, 6) is -1.40. The fourth-order valence-corrected chi connectivity index (χ4v) is 0.944. The minimum Gasteiger partial charge on any atom is -0.366 e. The Balaban J connectivity index is 3.11. The molecule has 78 valence electrons. The van der Waals surface area contributed by atoms with Crippen LogP contribution >= 0.6 is 0 Å². The van der Waals surface area contributed by atoms with Crippen molar-refractivity contribution < 1.29 is 14.1 Å². The lowest BCUT2D eigenvalue weighted by Crippen LogP contribution is -2.05. The summed E-state index contributed by atoms with van der Waals surface area (Å²) in [5, 5.41) is 10.4. The molecule has 0 aliphatic heterocycles. The highest BCUT2D eigenvalue weighted by atomic mass is 19.1. The third kappa shape index (κ3) is 2.87. The highest BCUT2D eigenvalue weighted by Crippen LogP contribution is 2.17. The van der Waals surface area contributed by atoms with Crippen molar-refractivity contribution in [3.05, 3.63) is 45.8 Å². The van der Waals surface area contributed by atoms with Crippen molar-refractivity contribution in [1.82, 2.24) is 0 Å². The molecule has 0 saturated carbocycles. The molecule has 1 aromatic carbocycles. The van der Waals surface area contributed by atoms with E-state index in [1.54, 1.807) is 0 Å². The van der Waals surface area contributed by atoms with E-state index >= 15 is 0 Å². The summed E-state index contributed by atoms with van der Waals surface area (Å²) in [4.78, 5) is 20.1. The lowest BCUT2D eigenvalue weighted by Gasteiger charge is -1.96. The zero-order valence-corrected chi connectivity index (χ0v) is 7.51. The number of benzene rings is 1. The lowest BCUT2D eigenvalue weighted by molar-refractivity contribution is -0.384. The Morgan fingerprint density at radius 3 is 2.73 bits per heavy atom. The SMILES string of the molecule is NC(=O)/C=C\c1cc([N+](=O)[O-])ccc1F. The van der Waals surface area contributed by atoms with E-state index in [0.29, 0.717) is 0 Å². The molecule has 0 heterocycles. The highest BCUT2D eigenvalue weighted by Gasteiger charge is 2.08. The molecule has 2 N–H and O–H groups in total. The Kier molecular flexibility index (Phi) is 3.12. The van der Waals surface area contributed by atoms with Crippen LogP contribution in [0.2, 0.25) is 0 Å². The van der Waals surface area contributed by atoms with Gasteiger partial charge in [-0.1, -0.05) is 0 Å². The van der Waals surface area contributed by atoms with Gasteiger partial charge in [-0.15, -0.1) is 0 Å². The molecule has 1 rings (SSSR count). The van der Waals surface area contributed by atoms with Gasteiger partial charge in [-0.3, -0.25) is 14.9 Å². The van der Waals surface area contributed by atoms with Crippen LogP contribution < -0.4 is 5.73 Å². The van der Waals surface area contributed by atoms with Gasteiger partial charge in [-0.2, -0.15) is 0 Å². The van der Waals surface area contributed by atoms with Crippen LogP contribution in [0, 0.1) is 15.9 Å². The minimum atomic E-state index is -0.749. The minimum absolute atomic E-state index is 0.0528. The van der Waals surface area contributed by atoms with Gasteiger partial charge < -0.3 is 5.73 Å². The number of carbonyl (C=O) groups excluding carboxylic acids is 1. The first kappa shape index (κ1) is 10.8. The first-order chi connectivity index (χ1) is 7.00. The average Bonchev–Trinajstić information content (AvgIpc) is 2.16. The number of rotatable bonds is 3. The van der Waals surface area contributed by atoms with Gasteiger partial charge in [0.1, 0.15) is 5.82 Å². The van der Waals surface area contributed by atoms with E-state index < -0.39 is 16.6 Å². The molecule has 0 aliphatic rings. The fraction of sp³-hybridized carbons (Fsp3) is 0. The molecular weight excluding hydrogens is 203 g/mol. The second kappa shape index (κ2) is 4.32. The van der Waals surface area contributed by atoms with E-state index in [0.717, 1.165) is 30.4 Å². The molecule has 6 heteroatoms. The molecule has 0 unspecified atom stereocenters. The number of nitro benzene ring substituents is 1. The largest absolute Gasteiger partial charge is 0.366 e. The average molecular weight is 210 g/mol. The zero-order chi connectivity index (χ0) is 11.4. The predicted octanol–water partition coefficient (Wildman–Crippen LogP) is 1.23. The van der Waals surface area contributed by atoms with E-state index in [1.165, 1.54) is 0 Å². The standard InChI is InChI=1S/C9H7FN2O3/c10-8-3-2-7(12(14)15)5-6(8)1-4-9(11)13/h1-5H,(H2,11,13)/b4-1-. The smallest absolute Gasteiger partial charge is 0.270 e. The highest BCUT2D eigenvalue weighted by molar-refractivity contribution is 5.90. The van der Waals surface area contributed by atoms with Crippen molar-refractivity contribution in [2.75, 3.05) is 0 Å². The van der Waals surface area contributed by atoms with Gasteiger partial charge in [-0.25, -0.2) is 4.39 Å². The monoisotopic (exact) mass is 210 g/mol. The van der Waals surface area contributed by atoms with E-state index in [4.69, 9.17) is 5.73 Å². The van der Waals surface area contributed by atoms with Crippen LogP contribution in [0.4, 0.5) is 10.1 Å². The van der Waals surface area contributed by atoms with Crippen LogP contribution in [0.15, 0.2) is 24.3 Å².